The Hall–Kier alpha value is -3.86. The van der Waals surface area contributed by atoms with Crippen LogP contribution in [0.15, 0.2) is 78.9 Å². The molecular weight excluding hydrogens is 434 g/mol. The number of ether oxygens (including phenoxy) is 1. The van der Waals surface area contributed by atoms with Crippen LogP contribution in [0.25, 0.3) is 22.6 Å². The summed E-state index contributed by atoms with van der Waals surface area (Å²) in [5.74, 6) is 1.78. The van der Waals surface area contributed by atoms with Crippen LogP contribution in [0, 0.1) is 0 Å². The van der Waals surface area contributed by atoms with E-state index in [0.29, 0.717) is 23.9 Å². The van der Waals surface area contributed by atoms with Crippen molar-refractivity contribution in [2.24, 2.45) is 0 Å². The first kappa shape index (κ1) is 24.3. The third-order valence-corrected chi connectivity index (χ3v) is 6.30. The molecule has 0 bridgehead atoms. The van der Waals surface area contributed by atoms with Crippen LogP contribution in [-0.4, -0.2) is 22.6 Å². The Morgan fingerprint density at radius 1 is 0.914 bits per heavy atom. The summed E-state index contributed by atoms with van der Waals surface area (Å²) in [7, 11) is 1.64. The van der Waals surface area contributed by atoms with Gasteiger partial charge < -0.3 is 14.6 Å². The second-order valence-corrected chi connectivity index (χ2v) is 8.99. The number of amides is 1. The van der Waals surface area contributed by atoms with Gasteiger partial charge in [-0.1, -0.05) is 74.5 Å². The third-order valence-electron chi connectivity index (χ3n) is 6.30. The zero-order chi connectivity index (χ0) is 24.9. The van der Waals surface area contributed by atoms with Crippen molar-refractivity contribution in [2.75, 3.05) is 7.11 Å². The van der Waals surface area contributed by atoms with Crippen LogP contribution in [0.5, 0.6) is 5.75 Å². The molecule has 1 N–H and O–H groups in total. The fraction of sp³-hybridized carbons (Fsp3) is 0.267. The Morgan fingerprint density at radius 3 is 2.29 bits per heavy atom. The van der Waals surface area contributed by atoms with Gasteiger partial charge in [-0.15, -0.1) is 0 Å². The molecule has 1 aromatic heterocycles. The van der Waals surface area contributed by atoms with Crippen molar-refractivity contribution < 1.29 is 9.53 Å². The van der Waals surface area contributed by atoms with E-state index in [0.717, 1.165) is 28.3 Å². The van der Waals surface area contributed by atoms with Crippen molar-refractivity contribution in [1.29, 1.82) is 0 Å². The first-order valence-electron chi connectivity index (χ1n) is 12.1. The number of rotatable bonds is 8. The second kappa shape index (κ2) is 10.6. The molecule has 4 aromatic rings. The Labute approximate surface area is 207 Å². The molecule has 1 amide bonds. The van der Waals surface area contributed by atoms with Gasteiger partial charge in [0.1, 0.15) is 23.0 Å². The summed E-state index contributed by atoms with van der Waals surface area (Å²) in [4.78, 5) is 18.8. The molecule has 0 aliphatic rings. The molecule has 0 unspecified atom stereocenters. The number of hydrogen-bond acceptors (Lipinski definition) is 3. The predicted molar refractivity (Wildman–Crippen MR) is 142 cm³/mol. The van der Waals surface area contributed by atoms with Gasteiger partial charge in [0.2, 0.25) is 0 Å². The summed E-state index contributed by atoms with van der Waals surface area (Å²) >= 11 is 0. The van der Waals surface area contributed by atoms with E-state index in [-0.39, 0.29) is 11.9 Å². The lowest BCUT2D eigenvalue weighted by atomic mass is 9.99. The molecule has 0 spiro atoms. The van der Waals surface area contributed by atoms with Crippen LogP contribution in [0.1, 0.15) is 61.3 Å². The monoisotopic (exact) mass is 467 g/mol. The smallest absolute Gasteiger partial charge is 0.270 e. The fourth-order valence-electron chi connectivity index (χ4n) is 4.30. The minimum atomic E-state index is -0.201. The highest BCUT2D eigenvalue weighted by Gasteiger charge is 2.25. The van der Waals surface area contributed by atoms with Crippen LogP contribution in [-0.2, 0) is 6.54 Å². The highest BCUT2D eigenvalue weighted by molar-refractivity contribution is 5.99. The number of imidazole rings is 1. The van der Waals surface area contributed by atoms with Gasteiger partial charge in [-0.25, -0.2) is 4.98 Å². The van der Waals surface area contributed by atoms with Crippen molar-refractivity contribution >= 4 is 5.91 Å². The van der Waals surface area contributed by atoms with Gasteiger partial charge in [-0.05, 0) is 49.1 Å². The third kappa shape index (κ3) is 5.14. The minimum Gasteiger partial charge on any atom is -0.497 e. The number of hydrogen-bond donors (Lipinski definition) is 1. The van der Waals surface area contributed by atoms with E-state index in [4.69, 9.17) is 9.72 Å². The van der Waals surface area contributed by atoms with E-state index in [2.05, 4.69) is 31.3 Å². The maximum absolute atomic E-state index is 13.8. The molecule has 0 saturated heterocycles. The first-order chi connectivity index (χ1) is 16.9. The minimum absolute atomic E-state index is 0.151. The summed E-state index contributed by atoms with van der Waals surface area (Å²) < 4.78 is 7.38. The number of aromatic nitrogens is 2. The topological polar surface area (TPSA) is 56.2 Å². The lowest BCUT2D eigenvalue weighted by Crippen LogP contribution is -2.29. The van der Waals surface area contributed by atoms with Gasteiger partial charge in [0, 0.05) is 17.7 Å². The van der Waals surface area contributed by atoms with Crippen molar-refractivity contribution in [3.8, 4) is 28.4 Å². The summed E-state index contributed by atoms with van der Waals surface area (Å²) in [5, 5.41) is 3.20. The van der Waals surface area contributed by atoms with Crippen LogP contribution in [0.4, 0.5) is 0 Å². The van der Waals surface area contributed by atoms with Crippen molar-refractivity contribution in [1.82, 2.24) is 14.9 Å². The molecule has 0 aliphatic heterocycles. The number of methoxy groups -OCH3 is 1. The van der Waals surface area contributed by atoms with E-state index in [1.165, 1.54) is 5.56 Å². The lowest BCUT2D eigenvalue weighted by Gasteiger charge is -2.17. The van der Waals surface area contributed by atoms with Crippen LogP contribution in [0.2, 0.25) is 0 Å². The summed E-state index contributed by atoms with van der Waals surface area (Å²) in [6.45, 7) is 8.99. The Kier molecular flexibility index (Phi) is 7.35. The molecule has 35 heavy (non-hydrogen) atoms. The molecule has 0 saturated carbocycles. The zero-order valence-corrected chi connectivity index (χ0v) is 21.1. The Bertz CT molecular complexity index is 1310. The largest absolute Gasteiger partial charge is 0.497 e. The van der Waals surface area contributed by atoms with E-state index in [1.807, 2.05) is 85.1 Å². The molecule has 0 radical (unpaired) electrons. The fourth-order valence-corrected chi connectivity index (χ4v) is 4.30. The number of nitrogens with zero attached hydrogens (tertiary/aromatic N) is 2. The lowest BCUT2D eigenvalue weighted by molar-refractivity contribution is 0.0931. The molecule has 1 atom stereocenters. The molecular formula is C30H33N3O2. The van der Waals surface area contributed by atoms with E-state index in [9.17, 15) is 4.79 Å². The molecule has 5 heteroatoms. The number of benzene rings is 3. The SMILES string of the molecule is CCn1c(-c2ccccc2)nc(-c2cccc(C(C)C)c2)c1C(=O)N[C@@H](C)c1cccc(OC)c1. The Morgan fingerprint density at radius 2 is 1.60 bits per heavy atom. The first-order valence-corrected chi connectivity index (χ1v) is 12.1. The highest BCUT2D eigenvalue weighted by atomic mass is 16.5. The normalized spacial score (nSPS) is 11.9. The van der Waals surface area contributed by atoms with Crippen LogP contribution >= 0.6 is 0 Å². The average Bonchev–Trinajstić information content (AvgIpc) is 3.29. The van der Waals surface area contributed by atoms with E-state index < -0.39 is 0 Å². The molecule has 1 heterocycles. The molecule has 180 valence electrons. The average molecular weight is 468 g/mol. The van der Waals surface area contributed by atoms with Crippen LogP contribution in [0.3, 0.4) is 0 Å². The number of carbonyl (C=O) groups excluding carboxylic acids is 1. The van der Waals surface area contributed by atoms with Gasteiger partial charge >= 0.3 is 0 Å². The van der Waals surface area contributed by atoms with Crippen molar-refractivity contribution in [3.63, 3.8) is 0 Å². The van der Waals surface area contributed by atoms with Crippen molar-refractivity contribution in [3.05, 3.63) is 95.7 Å². The quantitative estimate of drug-likeness (QED) is 0.308. The maximum Gasteiger partial charge on any atom is 0.270 e. The molecule has 5 nitrogen and oxygen atoms in total. The van der Waals surface area contributed by atoms with E-state index >= 15 is 0 Å². The predicted octanol–water partition coefficient (Wildman–Crippen LogP) is 6.86. The van der Waals surface area contributed by atoms with Gasteiger partial charge in [-0.2, -0.15) is 0 Å². The maximum atomic E-state index is 13.8. The summed E-state index contributed by atoms with van der Waals surface area (Å²) in [6, 6.07) is 25.9. The summed E-state index contributed by atoms with van der Waals surface area (Å²) in [5.41, 5.74) is 5.39. The van der Waals surface area contributed by atoms with E-state index in [1.54, 1.807) is 7.11 Å². The standard InChI is InChI=1S/C30H33N3O2/c1-6-33-28(30(34)31-21(4)24-15-11-17-26(19-24)35-5)27(25-16-10-14-23(18-25)20(2)3)32-29(33)22-12-8-7-9-13-22/h7-21H,6H2,1-5H3,(H,31,34)/t21-/m0/s1. The zero-order valence-electron chi connectivity index (χ0n) is 21.1. The molecule has 4 rings (SSSR count). The number of nitrogens with one attached hydrogen (secondary N) is 1. The van der Waals surface area contributed by atoms with Gasteiger partial charge in [0.05, 0.1) is 13.2 Å². The van der Waals surface area contributed by atoms with Gasteiger partial charge in [0.25, 0.3) is 5.91 Å². The summed E-state index contributed by atoms with van der Waals surface area (Å²) in [6.07, 6.45) is 0. The second-order valence-electron chi connectivity index (χ2n) is 8.99. The number of carbonyl (C=O) groups is 1. The van der Waals surface area contributed by atoms with Crippen LogP contribution < -0.4 is 10.1 Å². The Balaban J connectivity index is 1.81. The van der Waals surface area contributed by atoms with Gasteiger partial charge in [-0.3, -0.25) is 4.79 Å². The van der Waals surface area contributed by atoms with Crippen molar-refractivity contribution in [2.45, 2.75) is 46.2 Å². The van der Waals surface area contributed by atoms with Gasteiger partial charge in [0.15, 0.2) is 0 Å². The molecule has 3 aromatic carbocycles. The highest BCUT2D eigenvalue weighted by Crippen LogP contribution is 2.32. The molecule has 0 aliphatic carbocycles. The molecule has 0 fully saturated rings.